The summed E-state index contributed by atoms with van der Waals surface area (Å²) in [5.74, 6) is 0. The molecular formula is C15H16ClNO3S. The number of nitrogens with one attached hydrogen (secondary N) is 1. The summed E-state index contributed by atoms with van der Waals surface area (Å²) >= 11 is 6.07. The minimum atomic E-state index is -3.33. The van der Waals surface area contributed by atoms with Crippen LogP contribution in [0.15, 0.2) is 53.4 Å². The molecule has 112 valence electrons. The number of hydrogen-bond acceptors (Lipinski definition) is 4. The van der Waals surface area contributed by atoms with Gasteiger partial charge in [0.2, 0.25) is 0 Å². The molecule has 21 heavy (non-hydrogen) atoms. The lowest BCUT2D eigenvalue weighted by molar-refractivity contribution is 0.0231. The fourth-order valence-corrected chi connectivity index (χ4v) is 3.14. The fourth-order valence-electron chi connectivity index (χ4n) is 1.89. The van der Waals surface area contributed by atoms with Gasteiger partial charge in [0.15, 0.2) is 9.84 Å². The van der Waals surface area contributed by atoms with Crippen LogP contribution in [0, 0.1) is 0 Å². The van der Waals surface area contributed by atoms with Crippen molar-refractivity contribution in [2.24, 2.45) is 0 Å². The molecule has 0 radical (unpaired) electrons. The Labute approximate surface area is 129 Å². The Hall–Kier alpha value is -1.40. The third kappa shape index (κ3) is 4.54. The van der Waals surface area contributed by atoms with E-state index in [1.165, 1.54) is 6.07 Å². The van der Waals surface area contributed by atoms with Crippen LogP contribution in [-0.4, -0.2) is 14.7 Å². The Bertz CT molecular complexity index is 702. The van der Waals surface area contributed by atoms with Gasteiger partial charge in [0.1, 0.15) is 0 Å². The van der Waals surface area contributed by atoms with Crippen LogP contribution in [0.2, 0.25) is 5.02 Å². The van der Waals surface area contributed by atoms with Crippen LogP contribution in [0.4, 0.5) is 0 Å². The van der Waals surface area contributed by atoms with Crippen molar-refractivity contribution in [3.05, 3.63) is 64.7 Å². The van der Waals surface area contributed by atoms with Crippen molar-refractivity contribution < 1.29 is 13.3 Å². The van der Waals surface area contributed by atoms with Crippen LogP contribution in [-0.2, 0) is 27.8 Å². The van der Waals surface area contributed by atoms with E-state index in [0.29, 0.717) is 17.2 Å². The van der Waals surface area contributed by atoms with Gasteiger partial charge in [0.25, 0.3) is 0 Å². The summed E-state index contributed by atoms with van der Waals surface area (Å²) in [6.07, 6.45) is 1.16. The molecule has 2 rings (SSSR count). The number of hydroxylamine groups is 1. The SMILES string of the molecule is CS(=O)(=O)c1cccc(Cl)c1CNOCc1ccccc1. The van der Waals surface area contributed by atoms with Crippen molar-refractivity contribution >= 4 is 21.4 Å². The Balaban J connectivity index is 2.00. The van der Waals surface area contributed by atoms with Gasteiger partial charge in [-0.2, -0.15) is 5.48 Å². The van der Waals surface area contributed by atoms with Crippen LogP contribution in [0.5, 0.6) is 0 Å². The minimum Gasteiger partial charge on any atom is -0.297 e. The molecule has 0 saturated carbocycles. The lowest BCUT2D eigenvalue weighted by Gasteiger charge is -2.11. The van der Waals surface area contributed by atoms with Crippen molar-refractivity contribution in [1.82, 2.24) is 5.48 Å². The third-order valence-electron chi connectivity index (χ3n) is 2.91. The van der Waals surface area contributed by atoms with Gasteiger partial charge in [0, 0.05) is 23.4 Å². The van der Waals surface area contributed by atoms with Gasteiger partial charge in [-0.3, -0.25) is 4.84 Å². The lowest BCUT2D eigenvalue weighted by Crippen LogP contribution is -2.16. The number of benzene rings is 2. The van der Waals surface area contributed by atoms with Crippen molar-refractivity contribution in [3.8, 4) is 0 Å². The van der Waals surface area contributed by atoms with Gasteiger partial charge < -0.3 is 0 Å². The second kappa shape index (κ2) is 7.04. The van der Waals surface area contributed by atoms with Crippen molar-refractivity contribution in [1.29, 1.82) is 0 Å². The van der Waals surface area contributed by atoms with Crippen molar-refractivity contribution in [2.45, 2.75) is 18.0 Å². The molecule has 0 aromatic heterocycles. The molecule has 0 aliphatic heterocycles. The quantitative estimate of drug-likeness (QED) is 0.655. The Morgan fingerprint density at radius 3 is 2.48 bits per heavy atom. The zero-order valence-corrected chi connectivity index (χ0v) is 13.1. The van der Waals surface area contributed by atoms with Crippen LogP contribution >= 0.6 is 11.6 Å². The van der Waals surface area contributed by atoms with Gasteiger partial charge in [-0.25, -0.2) is 8.42 Å². The van der Waals surface area contributed by atoms with E-state index in [0.717, 1.165) is 11.8 Å². The molecule has 0 spiro atoms. The van der Waals surface area contributed by atoms with E-state index in [4.69, 9.17) is 16.4 Å². The average molecular weight is 326 g/mol. The van der Waals surface area contributed by atoms with E-state index in [1.54, 1.807) is 12.1 Å². The molecule has 4 nitrogen and oxygen atoms in total. The van der Waals surface area contributed by atoms with Gasteiger partial charge in [-0.05, 0) is 17.7 Å². The zero-order chi connectivity index (χ0) is 15.3. The average Bonchev–Trinajstić information content (AvgIpc) is 2.45. The van der Waals surface area contributed by atoms with E-state index in [2.05, 4.69) is 5.48 Å². The molecule has 0 amide bonds. The fraction of sp³-hybridized carbons (Fsp3) is 0.200. The summed E-state index contributed by atoms with van der Waals surface area (Å²) in [5, 5.41) is 0.397. The predicted octanol–water partition coefficient (Wildman–Crippen LogP) is 2.96. The van der Waals surface area contributed by atoms with E-state index in [9.17, 15) is 8.42 Å². The highest BCUT2D eigenvalue weighted by Gasteiger charge is 2.15. The minimum absolute atomic E-state index is 0.214. The van der Waals surface area contributed by atoms with E-state index in [1.807, 2.05) is 30.3 Å². The molecule has 0 saturated heterocycles. The molecule has 0 aliphatic carbocycles. The molecule has 0 bridgehead atoms. The van der Waals surface area contributed by atoms with Gasteiger partial charge in [0.05, 0.1) is 11.5 Å². The summed E-state index contributed by atoms with van der Waals surface area (Å²) in [5.41, 5.74) is 4.28. The highest BCUT2D eigenvalue weighted by molar-refractivity contribution is 7.90. The Morgan fingerprint density at radius 2 is 1.81 bits per heavy atom. The first kappa shape index (κ1) is 16.0. The molecular weight excluding hydrogens is 310 g/mol. The number of sulfone groups is 1. The topological polar surface area (TPSA) is 55.4 Å². The maximum atomic E-state index is 11.7. The number of hydrogen-bond donors (Lipinski definition) is 1. The summed E-state index contributed by atoms with van der Waals surface area (Å²) in [6.45, 7) is 0.606. The number of rotatable bonds is 6. The molecule has 0 aliphatic rings. The zero-order valence-electron chi connectivity index (χ0n) is 11.5. The van der Waals surface area contributed by atoms with E-state index in [-0.39, 0.29) is 11.4 Å². The first-order valence-electron chi connectivity index (χ1n) is 6.34. The van der Waals surface area contributed by atoms with E-state index < -0.39 is 9.84 Å². The smallest absolute Gasteiger partial charge is 0.175 e. The van der Waals surface area contributed by atoms with E-state index >= 15 is 0 Å². The van der Waals surface area contributed by atoms with Crippen LogP contribution in [0.1, 0.15) is 11.1 Å². The second-order valence-corrected chi connectivity index (χ2v) is 6.98. The summed E-state index contributed by atoms with van der Waals surface area (Å²) < 4.78 is 23.5. The highest BCUT2D eigenvalue weighted by atomic mass is 35.5. The predicted molar refractivity (Wildman–Crippen MR) is 82.6 cm³/mol. The largest absolute Gasteiger partial charge is 0.297 e. The Kier molecular flexibility index (Phi) is 5.36. The maximum absolute atomic E-state index is 11.7. The van der Waals surface area contributed by atoms with Crippen LogP contribution in [0.25, 0.3) is 0 Å². The van der Waals surface area contributed by atoms with Gasteiger partial charge >= 0.3 is 0 Å². The molecule has 0 atom stereocenters. The molecule has 2 aromatic carbocycles. The molecule has 0 heterocycles. The standard InChI is InChI=1S/C15H16ClNO3S/c1-21(18,19)15-9-5-8-14(16)13(15)10-17-20-11-12-6-3-2-4-7-12/h2-9,17H,10-11H2,1H3. The third-order valence-corrected chi connectivity index (χ3v) is 4.44. The molecule has 1 N–H and O–H groups in total. The normalized spacial score (nSPS) is 11.5. The van der Waals surface area contributed by atoms with Crippen LogP contribution in [0.3, 0.4) is 0 Å². The summed E-state index contributed by atoms with van der Waals surface area (Å²) in [6, 6.07) is 14.5. The lowest BCUT2D eigenvalue weighted by atomic mass is 10.2. The first-order valence-corrected chi connectivity index (χ1v) is 8.61. The highest BCUT2D eigenvalue weighted by Crippen LogP contribution is 2.23. The monoisotopic (exact) mass is 325 g/mol. The molecule has 2 aromatic rings. The summed E-state index contributed by atoms with van der Waals surface area (Å²) in [7, 11) is -3.33. The molecule has 0 fully saturated rings. The molecule has 0 unspecified atom stereocenters. The van der Waals surface area contributed by atoms with Crippen molar-refractivity contribution in [2.75, 3.05) is 6.26 Å². The first-order chi connectivity index (χ1) is 9.98. The Morgan fingerprint density at radius 1 is 1.10 bits per heavy atom. The maximum Gasteiger partial charge on any atom is 0.175 e. The summed E-state index contributed by atoms with van der Waals surface area (Å²) in [4.78, 5) is 5.56. The van der Waals surface area contributed by atoms with Crippen molar-refractivity contribution in [3.63, 3.8) is 0 Å². The van der Waals surface area contributed by atoms with Gasteiger partial charge in [-0.15, -0.1) is 0 Å². The van der Waals surface area contributed by atoms with Gasteiger partial charge in [-0.1, -0.05) is 48.0 Å². The van der Waals surface area contributed by atoms with Crippen LogP contribution < -0.4 is 5.48 Å². The second-order valence-electron chi connectivity index (χ2n) is 4.58. The molecule has 6 heteroatoms. The number of halogens is 1.